The number of halogens is 3. The highest BCUT2D eigenvalue weighted by Crippen LogP contribution is 2.44. The molecular formula is C33H35F3N4O9S. The number of primary amides is 1. The molecule has 50 heavy (non-hydrogen) atoms. The van der Waals surface area contributed by atoms with E-state index < -0.39 is 80.4 Å². The summed E-state index contributed by atoms with van der Waals surface area (Å²) in [5, 5.41) is 5.09. The Labute approximate surface area is 285 Å². The van der Waals surface area contributed by atoms with Crippen molar-refractivity contribution in [3.8, 4) is 5.75 Å². The fourth-order valence-corrected chi connectivity index (χ4v) is 6.82. The summed E-state index contributed by atoms with van der Waals surface area (Å²) in [7, 11) is -1.73. The van der Waals surface area contributed by atoms with Crippen molar-refractivity contribution in [2.45, 2.75) is 37.2 Å². The minimum atomic E-state index is -4.02. The van der Waals surface area contributed by atoms with Crippen molar-refractivity contribution < 1.29 is 55.0 Å². The number of likely N-dealkylation sites (tertiary alicyclic amines) is 1. The van der Waals surface area contributed by atoms with Crippen LogP contribution in [0.4, 0.5) is 29.3 Å². The Kier molecular flexibility index (Phi) is 11.6. The van der Waals surface area contributed by atoms with Gasteiger partial charge in [0.2, 0.25) is 5.91 Å². The number of rotatable bonds is 12. The van der Waals surface area contributed by atoms with Gasteiger partial charge in [-0.25, -0.2) is 26.4 Å². The van der Waals surface area contributed by atoms with Crippen molar-refractivity contribution in [2.24, 2.45) is 11.7 Å². The number of sulfone groups is 1. The van der Waals surface area contributed by atoms with Gasteiger partial charge in [0.1, 0.15) is 17.7 Å². The normalized spacial score (nSPS) is 16.3. The molecule has 3 aromatic rings. The molecule has 1 fully saturated rings. The van der Waals surface area contributed by atoms with Gasteiger partial charge in [-0.2, -0.15) is 0 Å². The highest BCUT2D eigenvalue weighted by atomic mass is 32.2. The van der Waals surface area contributed by atoms with Gasteiger partial charge in [-0.3, -0.25) is 19.7 Å². The van der Waals surface area contributed by atoms with Gasteiger partial charge in [-0.15, -0.1) is 0 Å². The molecule has 1 aliphatic heterocycles. The lowest BCUT2D eigenvalue weighted by Gasteiger charge is -2.33. The molecule has 0 unspecified atom stereocenters. The third-order valence-electron chi connectivity index (χ3n) is 8.12. The predicted molar refractivity (Wildman–Crippen MR) is 174 cm³/mol. The molecule has 1 saturated heterocycles. The first kappa shape index (κ1) is 37.5. The van der Waals surface area contributed by atoms with Crippen LogP contribution in [0.15, 0.2) is 53.4 Å². The van der Waals surface area contributed by atoms with E-state index in [1.807, 2.05) is 0 Å². The van der Waals surface area contributed by atoms with Gasteiger partial charge in [-0.05, 0) is 60.9 Å². The summed E-state index contributed by atoms with van der Waals surface area (Å²) >= 11 is 0. The van der Waals surface area contributed by atoms with Crippen molar-refractivity contribution in [1.29, 1.82) is 0 Å². The van der Waals surface area contributed by atoms with Crippen molar-refractivity contribution >= 4 is 45.1 Å². The number of hydrogen-bond acceptors (Lipinski definition) is 10. The lowest BCUT2D eigenvalue weighted by Crippen LogP contribution is -2.40. The van der Waals surface area contributed by atoms with Gasteiger partial charge in [0.05, 0.1) is 54.7 Å². The minimum absolute atomic E-state index is 0.00823. The largest absolute Gasteiger partial charge is 0.494 e. The summed E-state index contributed by atoms with van der Waals surface area (Å²) in [5.41, 5.74) is 4.09. The van der Waals surface area contributed by atoms with E-state index in [4.69, 9.17) is 15.2 Å². The monoisotopic (exact) mass is 720 g/mol. The molecule has 0 spiro atoms. The number of nitrogens with one attached hydrogen (secondary N) is 2. The van der Waals surface area contributed by atoms with E-state index in [9.17, 15) is 36.4 Å². The number of methoxy groups -OCH3 is 2. The zero-order chi connectivity index (χ0) is 36.9. The molecule has 0 radical (unpaired) electrons. The standard InChI is InChI=1S/C33H35F3N4O9S/c1-5-49-32(43)19-11-12-40(29(19)21-14-18(38-33(44)48-4)8-10-27(21)50(45,46)6-2)31(42)28(17-7-9-22(34)26(13-17)47-3)39-25-15-20(30(37)41)23(35)16-24(25)36/h7-10,13-16,19,28-29,39H,5-6,11-12H2,1-4H3,(H2,37,41)(H,38,44)/t19-,28-,29+/m0/s1. The van der Waals surface area contributed by atoms with Crippen molar-refractivity contribution in [3.63, 3.8) is 0 Å². The fourth-order valence-electron chi connectivity index (χ4n) is 5.70. The zero-order valence-corrected chi connectivity index (χ0v) is 28.2. The molecule has 0 saturated carbocycles. The Balaban J connectivity index is 1.95. The first-order valence-electron chi connectivity index (χ1n) is 15.2. The van der Waals surface area contributed by atoms with Crippen molar-refractivity contribution in [2.75, 3.05) is 43.8 Å². The maximum absolute atomic E-state index is 15.2. The van der Waals surface area contributed by atoms with Crippen LogP contribution in [0.3, 0.4) is 0 Å². The molecule has 17 heteroatoms. The van der Waals surface area contributed by atoms with E-state index in [0.29, 0.717) is 6.07 Å². The molecule has 4 N–H and O–H groups in total. The van der Waals surface area contributed by atoms with Gasteiger partial charge < -0.3 is 30.2 Å². The lowest BCUT2D eigenvalue weighted by atomic mass is 9.92. The molecule has 0 aromatic heterocycles. The van der Waals surface area contributed by atoms with Crippen molar-refractivity contribution in [1.82, 2.24) is 4.90 Å². The topological polar surface area (TPSA) is 183 Å². The zero-order valence-electron chi connectivity index (χ0n) is 27.4. The molecule has 3 amide bonds. The van der Waals surface area contributed by atoms with Gasteiger partial charge in [0, 0.05) is 18.3 Å². The molecule has 13 nitrogen and oxygen atoms in total. The Bertz CT molecular complexity index is 1930. The molecule has 1 heterocycles. The molecule has 1 aliphatic rings. The predicted octanol–water partition coefficient (Wildman–Crippen LogP) is 4.49. The second-order valence-corrected chi connectivity index (χ2v) is 13.3. The number of hydrogen-bond donors (Lipinski definition) is 3. The summed E-state index contributed by atoms with van der Waals surface area (Å²) in [6.45, 7) is 2.78. The lowest BCUT2D eigenvalue weighted by molar-refractivity contribution is -0.149. The van der Waals surface area contributed by atoms with E-state index in [-0.39, 0.29) is 52.8 Å². The van der Waals surface area contributed by atoms with Gasteiger partial charge in [0.25, 0.3) is 5.91 Å². The summed E-state index contributed by atoms with van der Waals surface area (Å²) in [4.78, 5) is 53.0. The van der Waals surface area contributed by atoms with Crippen LogP contribution < -0.4 is 21.1 Å². The third-order valence-corrected chi connectivity index (χ3v) is 9.93. The van der Waals surface area contributed by atoms with Gasteiger partial charge >= 0.3 is 12.1 Å². The van der Waals surface area contributed by atoms with Crippen LogP contribution in [-0.2, 0) is 28.9 Å². The number of amides is 3. The second-order valence-electron chi connectivity index (χ2n) is 11.0. The van der Waals surface area contributed by atoms with Crippen LogP contribution in [0.2, 0.25) is 0 Å². The average Bonchev–Trinajstić information content (AvgIpc) is 3.53. The van der Waals surface area contributed by atoms with E-state index in [1.165, 1.54) is 43.2 Å². The molecule has 0 aliphatic carbocycles. The fraction of sp³-hybridized carbons (Fsp3) is 0.333. The maximum Gasteiger partial charge on any atom is 0.411 e. The number of carbonyl (C=O) groups is 4. The number of nitrogens with two attached hydrogens (primary N) is 1. The summed E-state index contributed by atoms with van der Waals surface area (Å²) in [6, 6.07) is 5.38. The molecular weight excluding hydrogens is 685 g/mol. The number of ether oxygens (including phenoxy) is 3. The van der Waals surface area contributed by atoms with Crippen LogP contribution in [0, 0.1) is 23.4 Å². The van der Waals surface area contributed by atoms with E-state index >= 15 is 4.39 Å². The number of anilines is 2. The Hall–Kier alpha value is -5.32. The Morgan fingerprint density at radius 1 is 0.980 bits per heavy atom. The SMILES string of the molecule is CCOC(=O)[C@H]1CCN(C(=O)[C@@H](Nc2cc(C(N)=O)c(F)cc2F)c2ccc(F)c(OC)c2)[C@H]1c1cc(NC(=O)OC)ccc1S(=O)(=O)CC. The quantitative estimate of drug-likeness (QED) is 0.226. The molecule has 268 valence electrons. The molecule has 0 bridgehead atoms. The van der Waals surface area contributed by atoms with Crippen LogP contribution in [0.5, 0.6) is 5.75 Å². The van der Waals surface area contributed by atoms with Crippen LogP contribution in [-0.4, -0.2) is 70.3 Å². The molecule has 4 rings (SSSR count). The summed E-state index contributed by atoms with van der Waals surface area (Å²) < 4.78 is 85.9. The number of nitrogens with zero attached hydrogens (tertiary/aromatic N) is 1. The first-order chi connectivity index (χ1) is 23.7. The second kappa shape index (κ2) is 15.5. The van der Waals surface area contributed by atoms with Crippen LogP contribution in [0.25, 0.3) is 0 Å². The first-order valence-corrected chi connectivity index (χ1v) is 16.9. The van der Waals surface area contributed by atoms with E-state index in [1.54, 1.807) is 6.92 Å². The number of esters is 1. The highest BCUT2D eigenvalue weighted by Gasteiger charge is 2.46. The Morgan fingerprint density at radius 3 is 2.32 bits per heavy atom. The average molecular weight is 721 g/mol. The van der Waals surface area contributed by atoms with Gasteiger partial charge in [-0.1, -0.05) is 13.0 Å². The van der Waals surface area contributed by atoms with Crippen LogP contribution in [0.1, 0.15) is 53.8 Å². The number of carbonyl (C=O) groups excluding carboxylic acids is 4. The number of benzene rings is 3. The van der Waals surface area contributed by atoms with Gasteiger partial charge in [0.15, 0.2) is 21.4 Å². The highest BCUT2D eigenvalue weighted by molar-refractivity contribution is 7.91. The smallest absolute Gasteiger partial charge is 0.411 e. The minimum Gasteiger partial charge on any atom is -0.494 e. The summed E-state index contributed by atoms with van der Waals surface area (Å²) in [5.74, 6) is -7.87. The summed E-state index contributed by atoms with van der Waals surface area (Å²) in [6.07, 6.45) is -0.888. The maximum atomic E-state index is 15.2. The third kappa shape index (κ3) is 7.77. The molecule has 3 atom stereocenters. The molecule has 3 aromatic carbocycles. The van der Waals surface area contributed by atoms with E-state index in [0.717, 1.165) is 25.3 Å². The van der Waals surface area contributed by atoms with Crippen molar-refractivity contribution in [3.05, 3.63) is 82.7 Å². The Morgan fingerprint density at radius 2 is 1.70 bits per heavy atom. The van der Waals surface area contributed by atoms with E-state index in [2.05, 4.69) is 15.4 Å². The van der Waals surface area contributed by atoms with Crippen LogP contribution >= 0.6 is 0 Å².